The van der Waals surface area contributed by atoms with Gasteiger partial charge in [-0.1, -0.05) is 31.2 Å². The minimum atomic E-state index is -3.39. The van der Waals surface area contributed by atoms with Crippen LogP contribution < -0.4 is 11.1 Å². The van der Waals surface area contributed by atoms with Gasteiger partial charge in [-0.15, -0.1) is 0 Å². The fourth-order valence-corrected chi connectivity index (χ4v) is 4.23. The zero-order valence-corrected chi connectivity index (χ0v) is 15.7. The molecule has 0 aliphatic rings. The van der Waals surface area contributed by atoms with Crippen LogP contribution in [0.4, 0.5) is 5.69 Å². The molecule has 2 rings (SSSR count). The van der Waals surface area contributed by atoms with Gasteiger partial charge in [-0.05, 0) is 55.7 Å². The van der Waals surface area contributed by atoms with Crippen molar-refractivity contribution in [2.24, 2.45) is 10.7 Å². The van der Waals surface area contributed by atoms with Gasteiger partial charge in [0.1, 0.15) is 0 Å². The second kappa shape index (κ2) is 8.16. The van der Waals surface area contributed by atoms with Crippen molar-refractivity contribution in [1.29, 1.82) is 0 Å². The number of nitrogens with two attached hydrogens (primary N) is 1. The van der Waals surface area contributed by atoms with E-state index in [0.717, 1.165) is 16.8 Å². The zero-order chi connectivity index (χ0) is 18.4. The summed E-state index contributed by atoms with van der Waals surface area (Å²) in [4.78, 5) is 4.67. The van der Waals surface area contributed by atoms with E-state index in [1.54, 1.807) is 30.3 Å². The Hall–Kier alpha value is -2.34. The Bertz CT molecular complexity index is 826. The van der Waals surface area contributed by atoms with Crippen molar-refractivity contribution >= 4 is 21.5 Å². The molecule has 1 unspecified atom stereocenters. The molecule has 0 spiro atoms. The molecule has 1 atom stereocenters. The van der Waals surface area contributed by atoms with E-state index in [9.17, 15) is 8.42 Å². The Morgan fingerprint density at radius 1 is 1.12 bits per heavy atom. The number of nitrogens with zero attached hydrogens (tertiary/aromatic N) is 1. The van der Waals surface area contributed by atoms with Crippen molar-refractivity contribution < 1.29 is 8.42 Å². The molecule has 0 saturated carbocycles. The van der Waals surface area contributed by atoms with E-state index in [-0.39, 0.29) is 11.7 Å². The second-order valence-electron chi connectivity index (χ2n) is 6.17. The van der Waals surface area contributed by atoms with Gasteiger partial charge in [0.05, 0.1) is 16.7 Å². The van der Waals surface area contributed by atoms with Gasteiger partial charge in [0.25, 0.3) is 0 Å². The first-order valence-electron chi connectivity index (χ1n) is 8.26. The molecule has 0 saturated heterocycles. The average molecular weight is 359 g/mol. The molecule has 134 valence electrons. The molecule has 5 nitrogen and oxygen atoms in total. The molecule has 0 aliphatic carbocycles. The summed E-state index contributed by atoms with van der Waals surface area (Å²) < 4.78 is 25.0. The molecule has 2 aromatic rings. The van der Waals surface area contributed by atoms with Gasteiger partial charge in [-0.3, -0.25) is 0 Å². The first-order chi connectivity index (χ1) is 11.8. The van der Waals surface area contributed by atoms with E-state index >= 15 is 0 Å². The van der Waals surface area contributed by atoms with Crippen LogP contribution in [0.5, 0.6) is 0 Å². The lowest BCUT2D eigenvalue weighted by Gasteiger charge is -2.14. The smallest absolute Gasteiger partial charge is 0.193 e. The lowest BCUT2D eigenvalue weighted by molar-refractivity contribution is 0.584. The fourth-order valence-electron chi connectivity index (χ4n) is 2.65. The SMILES string of the molecule is CCC(CS(=O)(=O)c1ccccc1)N=C(N)Nc1cc(C)cc(C)c1. The standard InChI is InChI=1S/C19H25N3O2S/c1-4-16(13-25(23,24)18-8-6-5-7-9-18)21-19(20)22-17-11-14(2)10-15(3)12-17/h5-12,16H,4,13H2,1-3H3,(H3,20,21,22). The molecule has 0 bridgehead atoms. The largest absolute Gasteiger partial charge is 0.370 e. The van der Waals surface area contributed by atoms with Gasteiger partial charge in [0.2, 0.25) is 0 Å². The van der Waals surface area contributed by atoms with Crippen LogP contribution in [-0.4, -0.2) is 26.2 Å². The van der Waals surface area contributed by atoms with Crippen LogP contribution in [0, 0.1) is 13.8 Å². The Balaban J connectivity index is 2.13. The van der Waals surface area contributed by atoms with Crippen molar-refractivity contribution in [3.05, 3.63) is 59.7 Å². The molecule has 25 heavy (non-hydrogen) atoms. The number of hydrogen-bond donors (Lipinski definition) is 2. The first kappa shape index (κ1) is 19.0. The molecule has 2 aromatic carbocycles. The molecule has 0 heterocycles. The minimum absolute atomic E-state index is 0.0667. The number of hydrogen-bond acceptors (Lipinski definition) is 3. The zero-order valence-electron chi connectivity index (χ0n) is 14.9. The third kappa shape index (κ3) is 5.60. The normalized spacial score (nSPS) is 13.5. The lowest BCUT2D eigenvalue weighted by Crippen LogP contribution is -2.28. The number of nitrogens with one attached hydrogen (secondary N) is 1. The molecule has 3 N–H and O–H groups in total. The van der Waals surface area contributed by atoms with E-state index in [0.29, 0.717) is 11.3 Å². The highest BCUT2D eigenvalue weighted by atomic mass is 32.2. The van der Waals surface area contributed by atoms with E-state index in [4.69, 9.17) is 5.73 Å². The highest BCUT2D eigenvalue weighted by Crippen LogP contribution is 2.15. The minimum Gasteiger partial charge on any atom is -0.370 e. The van der Waals surface area contributed by atoms with Gasteiger partial charge in [0.15, 0.2) is 15.8 Å². The molecular weight excluding hydrogens is 334 g/mol. The fraction of sp³-hybridized carbons (Fsp3) is 0.316. The van der Waals surface area contributed by atoms with Crippen molar-refractivity contribution in [3.8, 4) is 0 Å². The average Bonchev–Trinajstić information content (AvgIpc) is 2.53. The molecule has 6 heteroatoms. The monoisotopic (exact) mass is 359 g/mol. The Morgan fingerprint density at radius 2 is 1.72 bits per heavy atom. The highest BCUT2D eigenvalue weighted by molar-refractivity contribution is 7.91. The Morgan fingerprint density at radius 3 is 2.28 bits per heavy atom. The number of anilines is 1. The topological polar surface area (TPSA) is 84.5 Å². The summed E-state index contributed by atoms with van der Waals surface area (Å²) >= 11 is 0. The summed E-state index contributed by atoms with van der Waals surface area (Å²) in [5.41, 5.74) is 9.07. The highest BCUT2D eigenvalue weighted by Gasteiger charge is 2.20. The first-order valence-corrected chi connectivity index (χ1v) is 9.92. The third-order valence-electron chi connectivity index (χ3n) is 3.80. The molecule has 0 aromatic heterocycles. The number of benzene rings is 2. The summed E-state index contributed by atoms with van der Waals surface area (Å²) in [6.45, 7) is 5.92. The van der Waals surface area contributed by atoms with Gasteiger partial charge < -0.3 is 11.1 Å². The lowest BCUT2D eigenvalue weighted by atomic mass is 10.1. The summed E-state index contributed by atoms with van der Waals surface area (Å²) in [7, 11) is -3.39. The van der Waals surface area contributed by atoms with Crippen LogP contribution in [0.3, 0.4) is 0 Å². The van der Waals surface area contributed by atoms with Crippen LogP contribution in [-0.2, 0) is 9.84 Å². The number of aliphatic imine (C=N–C) groups is 1. The molecule has 0 aliphatic heterocycles. The van der Waals surface area contributed by atoms with E-state index in [1.165, 1.54) is 0 Å². The van der Waals surface area contributed by atoms with E-state index < -0.39 is 15.9 Å². The number of guanidine groups is 1. The quantitative estimate of drug-likeness (QED) is 0.612. The summed E-state index contributed by atoms with van der Waals surface area (Å²) in [6.07, 6.45) is 0.585. The maximum absolute atomic E-state index is 12.5. The van der Waals surface area contributed by atoms with E-state index in [2.05, 4.69) is 16.4 Å². The number of aryl methyl sites for hydroxylation is 2. The molecular formula is C19H25N3O2S. The van der Waals surface area contributed by atoms with Gasteiger partial charge in [0, 0.05) is 5.69 Å². The predicted molar refractivity (Wildman–Crippen MR) is 104 cm³/mol. The summed E-state index contributed by atoms with van der Waals surface area (Å²) in [5, 5.41) is 3.05. The van der Waals surface area contributed by atoms with Crippen molar-refractivity contribution in [1.82, 2.24) is 0 Å². The third-order valence-corrected chi connectivity index (χ3v) is 5.62. The maximum atomic E-state index is 12.5. The van der Waals surface area contributed by atoms with Gasteiger partial charge in [-0.25, -0.2) is 13.4 Å². The van der Waals surface area contributed by atoms with Gasteiger partial charge in [-0.2, -0.15) is 0 Å². The van der Waals surface area contributed by atoms with Crippen molar-refractivity contribution in [3.63, 3.8) is 0 Å². The molecule has 0 fully saturated rings. The summed E-state index contributed by atoms with van der Waals surface area (Å²) in [6, 6.07) is 14.0. The number of rotatable bonds is 6. The van der Waals surface area contributed by atoms with E-state index in [1.807, 2.05) is 32.9 Å². The molecule has 0 radical (unpaired) electrons. The van der Waals surface area contributed by atoms with Crippen LogP contribution in [0.2, 0.25) is 0 Å². The van der Waals surface area contributed by atoms with Gasteiger partial charge >= 0.3 is 0 Å². The molecule has 0 amide bonds. The number of sulfone groups is 1. The Labute approximate surface area is 149 Å². The maximum Gasteiger partial charge on any atom is 0.193 e. The Kier molecular flexibility index (Phi) is 6.20. The van der Waals surface area contributed by atoms with Crippen LogP contribution in [0.15, 0.2) is 58.4 Å². The second-order valence-corrected chi connectivity index (χ2v) is 8.21. The van der Waals surface area contributed by atoms with Crippen molar-refractivity contribution in [2.75, 3.05) is 11.1 Å². The van der Waals surface area contributed by atoms with Crippen LogP contribution in [0.25, 0.3) is 0 Å². The predicted octanol–water partition coefficient (Wildman–Crippen LogP) is 3.28. The van der Waals surface area contributed by atoms with Crippen molar-refractivity contribution in [2.45, 2.75) is 38.1 Å². The summed E-state index contributed by atoms with van der Waals surface area (Å²) in [5.74, 6) is 0.156. The van der Waals surface area contributed by atoms with Crippen LogP contribution >= 0.6 is 0 Å². The van der Waals surface area contributed by atoms with Crippen LogP contribution in [0.1, 0.15) is 24.5 Å².